The van der Waals surface area contributed by atoms with Crippen molar-refractivity contribution >= 4 is 23.2 Å². The molecule has 0 aliphatic heterocycles. The second kappa shape index (κ2) is 7.97. The van der Waals surface area contributed by atoms with Crippen molar-refractivity contribution in [1.29, 1.82) is 0 Å². The van der Waals surface area contributed by atoms with Crippen LogP contribution in [0.4, 0.5) is 0 Å². The van der Waals surface area contributed by atoms with Gasteiger partial charge in [0.05, 0.1) is 5.56 Å². The van der Waals surface area contributed by atoms with Gasteiger partial charge in [0.1, 0.15) is 0 Å². The molecular formula is C17H22N2O3S. The molecule has 2 aromatic rings. The number of carbonyl (C=O) groups excluding carboxylic acids is 2. The molecular weight excluding hydrogens is 312 g/mol. The minimum Gasteiger partial charge on any atom is -0.452 e. The number of carbonyl (C=O) groups is 2. The molecule has 5 nitrogen and oxygen atoms in total. The molecule has 23 heavy (non-hydrogen) atoms. The summed E-state index contributed by atoms with van der Waals surface area (Å²) in [6.45, 7) is 6.95. The van der Waals surface area contributed by atoms with Crippen molar-refractivity contribution in [1.82, 2.24) is 9.88 Å². The number of nitrogens with one attached hydrogen (secondary N) is 1. The van der Waals surface area contributed by atoms with Crippen molar-refractivity contribution in [2.45, 2.75) is 33.7 Å². The average Bonchev–Trinajstić information content (AvgIpc) is 3.13. The van der Waals surface area contributed by atoms with Crippen molar-refractivity contribution in [3.8, 4) is 0 Å². The second-order valence-corrected chi connectivity index (χ2v) is 6.32. The van der Waals surface area contributed by atoms with Crippen LogP contribution < -0.4 is 5.32 Å². The van der Waals surface area contributed by atoms with E-state index in [1.54, 1.807) is 17.4 Å². The predicted octanol–water partition coefficient (Wildman–Crippen LogP) is 2.70. The Morgan fingerprint density at radius 2 is 2.13 bits per heavy atom. The second-order valence-electron chi connectivity index (χ2n) is 5.28. The van der Waals surface area contributed by atoms with E-state index in [0.29, 0.717) is 12.1 Å². The maximum absolute atomic E-state index is 12.1. The third-order valence-electron chi connectivity index (χ3n) is 3.72. The molecule has 2 heterocycles. The van der Waals surface area contributed by atoms with E-state index >= 15 is 0 Å². The van der Waals surface area contributed by atoms with Gasteiger partial charge < -0.3 is 14.6 Å². The van der Waals surface area contributed by atoms with Gasteiger partial charge >= 0.3 is 5.97 Å². The van der Waals surface area contributed by atoms with Crippen LogP contribution in [0.5, 0.6) is 0 Å². The first-order valence-corrected chi connectivity index (χ1v) is 8.53. The van der Waals surface area contributed by atoms with Crippen LogP contribution in [0.2, 0.25) is 0 Å². The van der Waals surface area contributed by atoms with E-state index < -0.39 is 5.97 Å². The predicted molar refractivity (Wildman–Crippen MR) is 90.9 cm³/mol. The Labute approximate surface area is 140 Å². The Hall–Kier alpha value is -2.08. The van der Waals surface area contributed by atoms with E-state index in [1.807, 2.05) is 42.9 Å². The van der Waals surface area contributed by atoms with Gasteiger partial charge in [0.2, 0.25) is 0 Å². The van der Waals surface area contributed by atoms with Crippen LogP contribution in [0.15, 0.2) is 23.6 Å². The van der Waals surface area contributed by atoms with Gasteiger partial charge in [-0.2, -0.15) is 0 Å². The molecule has 0 spiro atoms. The zero-order chi connectivity index (χ0) is 16.8. The van der Waals surface area contributed by atoms with E-state index in [1.165, 1.54) is 4.88 Å². The molecule has 0 bridgehead atoms. The quantitative estimate of drug-likeness (QED) is 0.792. The normalized spacial score (nSPS) is 10.6. The third kappa shape index (κ3) is 4.45. The molecule has 0 unspecified atom stereocenters. The highest BCUT2D eigenvalue weighted by molar-refractivity contribution is 7.09. The zero-order valence-electron chi connectivity index (χ0n) is 13.7. The fraction of sp³-hybridized carbons (Fsp3) is 0.412. The van der Waals surface area contributed by atoms with Gasteiger partial charge in [0.15, 0.2) is 6.61 Å². The average molecular weight is 334 g/mol. The van der Waals surface area contributed by atoms with Crippen molar-refractivity contribution in [2.75, 3.05) is 13.2 Å². The number of nitrogens with zero attached hydrogens (tertiary/aromatic N) is 1. The summed E-state index contributed by atoms with van der Waals surface area (Å²) in [6.07, 6.45) is 0.787. The molecule has 0 radical (unpaired) electrons. The number of aryl methyl sites for hydroxylation is 1. The zero-order valence-corrected chi connectivity index (χ0v) is 14.5. The summed E-state index contributed by atoms with van der Waals surface area (Å²) >= 11 is 1.66. The minimum atomic E-state index is -0.453. The highest BCUT2D eigenvalue weighted by Crippen LogP contribution is 2.16. The first-order valence-electron chi connectivity index (χ1n) is 7.65. The maximum atomic E-state index is 12.1. The van der Waals surface area contributed by atoms with Crippen LogP contribution >= 0.6 is 11.3 Å². The van der Waals surface area contributed by atoms with E-state index in [2.05, 4.69) is 5.32 Å². The molecule has 6 heteroatoms. The fourth-order valence-corrected chi connectivity index (χ4v) is 3.24. The Balaban J connectivity index is 1.78. The van der Waals surface area contributed by atoms with E-state index in [-0.39, 0.29) is 12.5 Å². The van der Waals surface area contributed by atoms with Gasteiger partial charge in [-0.15, -0.1) is 11.3 Å². The van der Waals surface area contributed by atoms with Gasteiger partial charge in [-0.3, -0.25) is 4.79 Å². The summed E-state index contributed by atoms with van der Waals surface area (Å²) in [6, 6.07) is 5.81. The smallest absolute Gasteiger partial charge is 0.340 e. The molecule has 1 N–H and O–H groups in total. The van der Waals surface area contributed by atoms with Gasteiger partial charge in [-0.1, -0.05) is 6.07 Å². The summed E-state index contributed by atoms with van der Waals surface area (Å²) in [5.74, 6) is -0.731. The Bertz CT molecular complexity index is 674. The fourth-order valence-electron chi connectivity index (χ4n) is 2.53. The lowest BCUT2D eigenvalue weighted by Gasteiger charge is -2.07. The molecule has 2 aromatic heterocycles. The number of rotatable bonds is 7. The molecule has 0 fully saturated rings. The number of hydrogen-bond donors (Lipinski definition) is 1. The maximum Gasteiger partial charge on any atom is 0.340 e. The minimum absolute atomic E-state index is 0.251. The first-order chi connectivity index (χ1) is 11.0. The number of esters is 1. The van der Waals surface area contributed by atoms with Crippen LogP contribution in [0.3, 0.4) is 0 Å². The van der Waals surface area contributed by atoms with Crippen molar-refractivity contribution < 1.29 is 14.3 Å². The molecule has 0 aromatic carbocycles. The molecule has 0 saturated heterocycles. The highest BCUT2D eigenvalue weighted by atomic mass is 32.1. The topological polar surface area (TPSA) is 60.3 Å². The molecule has 0 aliphatic rings. The Morgan fingerprint density at radius 3 is 2.74 bits per heavy atom. The van der Waals surface area contributed by atoms with E-state index in [9.17, 15) is 9.59 Å². The van der Waals surface area contributed by atoms with Gasteiger partial charge in [-0.25, -0.2) is 4.79 Å². The largest absolute Gasteiger partial charge is 0.452 e. The number of amides is 1. The van der Waals surface area contributed by atoms with Gasteiger partial charge in [-0.05, 0) is 44.7 Å². The van der Waals surface area contributed by atoms with Crippen LogP contribution in [-0.4, -0.2) is 29.6 Å². The number of thiophene rings is 1. The van der Waals surface area contributed by atoms with Crippen LogP contribution in [0.25, 0.3) is 0 Å². The Morgan fingerprint density at radius 1 is 1.35 bits per heavy atom. The van der Waals surface area contributed by atoms with Crippen LogP contribution in [0.1, 0.15) is 33.5 Å². The van der Waals surface area contributed by atoms with Crippen molar-refractivity contribution in [3.05, 3.63) is 45.4 Å². The van der Waals surface area contributed by atoms with Crippen molar-refractivity contribution in [3.63, 3.8) is 0 Å². The lowest BCUT2D eigenvalue weighted by Crippen LogP contribution is -2.30. The van der Waals surface area contributed by atoms with E-state index in [4.69, 9.17) is 4.74 Å². The van der Waals surface area contributed by atoms with Crippen LogP contribution in [-0.2, 0) is 22.5 Å². The van der Waals surface area contributed by atoms with E-state index in [0.717, 1.165) is 24.4 Å². The number of aromatic nitrogens is 1. The first kappa shape index (κ1) is 17.3. The summed E-state index contributed by atoms with van der Waals surface area (Å²) in [7, 11) is 0. The SMILES string of the molecule is CCn1c(C)cc(C(=O)OCC(=O)NCCc2cccs2)c1C. The molecule has 1 amide bonds. The van der Waals surface area contributed by atoms with Gasteiger partial charge in [0.25, 0.3) is 5.91 Å². The summed E-state index contributed by atoms with van der Waals surface area (Å²) in [4.78, 5) is 25.0. The van der Waals surface area contributed by atoms with Gasteiger partial charge in [0, 0.05) is 29.4 Å². The lowest BCUT2D eigenvalue weighted by molar-refractivity contribution is -0.124. The molecule has 0 saturated carbocycles. The lowest BCUT2D eigenvalue weighted by atomic mass is 10.2. The third-order valence-corrected chi connectivity index (χ3v) is 4.65. The standard InChI is InChI=1S/C17H22N2O3S/c1-4-19-12(2)10-15(13(19)3)17(21)22-11-16(20)18-8-7-14-6-5-9-23-14/h5-6,9-10H,4,7-8,11H2,1-3H3,(H,18,20). The highest BCUT2D eigenvalue weighted by Gasteiger charge is 2.17. The summed E-state index contributed by atoms with van der Waals surface area (Å²) < 4.78 is 7.15. The molecule has 0 aliphatic carbocycles. The molecule has 2 rings (SSSR count). The summed E-state index contributed by atoms with van der Waals surface area (Å²) in [5.41, 5.74) is 2.40. The number of ether oxygens (including phenoxy) is 1. The molecule has 0 atom stereocenters. The van der Waals surface area contributed by atoms with Crippen LogP contribution in [0, 0.1) is 13.8 Å². The summed E-state index contributed by atoms with van der Waals surface area (Å²) in [5, 5.41) is 4.76. The monoisotopic (exact) mass is 334 g/mol. The van der Waals surface area contributed by atoms with Crippen molar-refractivity contribution in [2.24, 2.45) is 0 Å². The Kier molecular flexibility index (Phi) is 5.98. The molecule has 124 valence electrons. The number of hydrogen-bond acceptors (Lipinski definition) is 4.